The van der Waals surface area contributed by atoms with E-state index in [1.54, 1.807) is 24.3 Å². The molecule has 3 heterocycles. The van der Waals surface area contributed by atoms with Crippen LogP contribution in [-0.2, 0) is 16.8 Å². The van der Waals surface area contributed by atoms with Gasteiger partial charge in [0.25, 0.3) is 0 Å². The van der Waals surface area contributed by atoms with E-state index in [0.717, 1.165) is 37.9 Å². The van der Waals surface area contributed by atoms with Crippen LogP contribution in [-0.4, -0.2) is 51.1 Å². The first-order valence-corrected chi connectivity index (χ1v) is 11.3. The number of aromatic nitrogens is 1. The molecule has 0 spiro atoms. The molecule has 5 rings (SSSR count). The van der Waals surface area contributed by atoms with Crippen LogP contribution in [0.4, 0.5) is 4.39 Å². The van der Waals surface area contributed by atoms with Crippen molar-refractivity contribution >= 4 is 32.7 Å². The third-order valence-corrected chi connectivity index (χ3v) is 6.35. The Morgan fingerprint density at radius 3 is 2.45 bits per heavy atom. The molecule has 2 N–H and O–H groups in total. The molecular formula is C24H26B2FN3O3. The summed E-state index contributed by atoms with van der Waals surface area (Å²) < 4.78 is 17.5. The van der Waals surface area contributed by atoms with E-state index in [1.807, 2.05) is 12.1 Å². The molecule has 2 saturated heterocycles. The zero-order valence-electron chi connectivity index (χ0n) is 18.5. The molecule has 0 atom stereocenters. The molecule has 2 aliphatic heterocycles. The highest BCUT2D eigenvalue weighted by Gasteiger charge is 2.34. The number of oxazole rings is 1. The number of rotatable bonds is 4. The molecule has 9 heteroatoms. The van der Waals surface area contributed by atoms with Gasteiger partial charge in [-0.3, -0.25) is 9.78 Å². The van der Waals surface area contributed by atoms with Crippen molar-refractivity contribution in [1.29, 1.82) is 0 Å². The van der Waals surface area contributed by atoms with Crippen LogP contribution < -0.4 is 11.1 Å². The van der Waals surface area contributed by atoms with Gasteiger partial charge in [-0.25, -0.2) is 9.18 Å². The maximum atomic E-state index is 12.4. The van der Waals surface area contributed by atoms with Gasteiger partial charge in [-0.05, 0) is 72.4 Å². The number of alkyl halides is 1. The molecule has 33 heavy (non-hydrogen) atoms. The Morgan fingerprint density at radius 2 is 1.82 bits per heavy atom. The Labute approximate surface area is 194 Å². The maximum absolute atomic E-state index is 12.4. The molecule has 6 nitrogen and oxygen atoms in total. The topological polar surface area (TPSA) is 78.3 Å². The average molecular weight is 445 g/mol. The molecule has 0 unspecified atom stereocenters. The van der Waals surface area contributed by atoms with Gasteiger partial charge >= 0.3 is 5.76 Å². The summed E-state index contributed by atoms with van der Waals surface area (Å²) in [4.78, 5) is 26.8. The second-order valence-corrected chi connectivity index (χ2v) is 8.60. The number of nitrogens with one attached hydrogen (secondary N) is 2. The number of likely N-dealkylation sites (tertiary alicyclic amines) is 1. The van der Waals surface area contributed by atoms with Crippen LogP contribution >= 0.6 is 0 Å². The molecule has 2 fully saturated rings. The van der Waals surface area contributed by atoms with Gasteiger partial charge in [0, 0.05) is 13.0 Å². The second kappa shape index (κ2) is 10.00. The Kier molecular flexibility index (Phi) is 7.08. The lowest BCUT2D eigenvalue weighted by Crippen LogP contribution is -2.48. The van der Waals surface area contributed by atoms with Crippen molar-refractivity contribution in [2.24, 2.45) is 0 Å². The Morgan fingerprint density at radius 1 is 1.09 bits per heavy atom. The van der Waals surface area contributed by atoms with Crippen molar-refractivity contribution in [3.8, 4) is 0 Å². The third kappa shape index (κ3) is 5.24. The first kappa shape index (κ1) is 23.4. The van der Waals surface area contributed by atoms with Crippen molar-refractivity contribution in [2.75, 3.05) is 19.6 Å². The van der Waals surface area contributed by atoms with Crippen molar-refractivity contribution < 1.29 is 13.6 Å². The van der Waals surface area contributed by atoms with E-state index in [2.05, 4.69) is 16.4 Å². The molecule has 3 aromatic rings. The fourth-order valence-corrected chi connectivity index (χ4v) is 4.43. The molecule has 1 amide bonds. The van der Waals surface area contributed by atoms with Gasteiger partial charge in [0.2, 0.25) is 5.91 Å². The number of hydrogen-bond donors (Lipinski definition) is 2. The molecule has 1 aromatic heterocycles. The molecule has 0 aliphatic carbocycles. The quantitative estimate of drug-likeness (QED) is 0.606. The Bertz CT molecular complexity index is 1150. The lowest BCUT2D eigenvalue weighted by molar-refractivity contribution is -0.129. The number of nitrogens with zero attached hydrogens (tertiary/aromatic N) is 1. The molecule has 0 bridgehead atoms. The molecular weight excluding hydrogens is 419 g/mol. The van der Waals surface area contributed by atoms with Crippen LogP contribution in [0, 0.1) is 0 Å². The van der Waals surface area contributed by atoms with Gasteiger partial charge < -0.3 is 14.6 Å². The summed E-state index contributed by atoms with van der Waals surface area (Å²) in [6.45, 7) is 2.18. The molecule has 2 aromatic carbocycles. The normalized spacial score (nSPS) is 17.2. The summed E-state index contributed by atoms with van der Waals surface area (Å²) in [5.74, 6) is 0.174. The minimum absolute atomic E-state index is 0.0374. The van der Waals surface area contributed by atoms with Crippen LogP contribution in [0.5, 0.6) is 0 Å². The zero-order chi connectivity index (χ0) is 23.4. The number of H-pyrrole nitrogens is 1. The third-order valence-electron chi connectivity index (χ3n) is 6.35. The summed E-state index contributed by atoms with van der Waals surface area (Å²) in [6.07, 6.45) is 3.57. The van der Waals surface area contributed by atoms with E-state index in [-0.39, 0.29) is 11.7 Å². The number of hydrogen-bond acceptors (Lipinski definition) is 4. The van der Waals surface area contributed by atoms with Gasteiger partial charge in [0.05, 0.1) is 21.2 Å². The van der Waals surface area contributed by atoms with Crippen molar-refractivity contribution in [3.05, 3.63) is 69.7 Å². The van der Waals surface area contributed by atoms with Crippen LogP contribution in [0.15, 0.2) is 51.7 Å². The summed E-state index contributed by atoms with van der Waals surface area (Å²) in [7, 11) is 12.0. The fraction of sp³-hybridized carbons (Fsp3) is 0.417. The highest BCUT2D eigenvalue weighted by atomic mass is 19.1. The second-order valence-electron chi connectivity index (χ2n) is 8.60. The Hall–Kier alpha value is -2.80. The molecule has 4 radical (unpaired) electrons. The molecule has 2 aliphatic rings. The predicted octanol–water partition coefficient (Wildman–Crippen LogP) is 2.81. The first-order chi connectivity index (χ1) is 15.9. The van der Waals surface area contributed by atoms with E-state index in [9.17, 15) is 14.0 Å². The number of carbonyl (C=O) groups excluding carboxylic acids is 1. The van der Waals surface area contributed by atoms with E-state index in [4.69, 9.17) is 20.1 Å². The van der Waals surface area contributed by atoms with Crippen molar-refractivity contribution in [3.63, 3.8) is 0 Å². The van der Waals surface area contributed by atoms with E-state index in [0.29, 0.717) is 35.6 Å². The van der Waals surface area contributed by atoms with Crippen LogP contribution in [0.25, 0.3) is 11.1 Å². The zero-order valence-corrected chi connectivity index (χ0v) is 18.5. The number of amides is 1. The highest BCUT2D eigenvalue weighted by molar-refractivity contribution is 6.40. The SMILES string of the molecule is O=c1[nH]c2ccc(C3CCNCC3)cc2o1.[B]C([B])(c1ccc(CF)cc1)N1CCCC1=O. The maximum Gasteiger partial charge on any atom is 0.417 e. The summed E-state index contributed by atoms with van der Waals surface area (Å²) in [6, 6.07) is 12.6. The largest absolute Gasteiger partial charge is 0.417 e. The number of fused-ring (bicyclic) bond motifs is 1. The van der Waals surface area contributed by atoms with Gasteiger partial charge in [0.15, 0.2) is 5.58 Å². The van der Waals surface area contributed by atoms with E-state index < -0.39 is 12.0 Å². The summed E-state index contributed by atoms with van der Waals surface area (Å²) >= 11 is 0. The van der Waals surface area contributed by atoms with Crippen LogP contribution in [0.1, 0.15) is 48.3 Å². The smallest absolute Gasteiger partial charge is 0.408 e. The van der Waals surface area contributed by atoms with E-state index in [1.165, 1.54) is 10.5 Å². The van der Waals surface area contributed by atoms with Crippen molar-refractivity contribution in [2.45, 2.75) is 43.6 Å². The van der Waals surface area contributed by atoms with Crippen molar-refractivity contribution in [1.82, 2.24) is 15.2 Å². The average Bonchev–Trinajstić information content (AvgIpc) is 3.44. The van der Waals surface area contributed by atoms with Crippen LogP contribution in [0.3, 0.4) is 0 Å². The molecule has 168 valence electrons. The van der Waals surface area contributed by atoms with Gasteiger partial charge in [-0.1, -0.05) is 30.3 Å². The fourth-order valence-electron chi connectivity index (χ4n) is 4.43. The lowest BCUT2D eigenvalue weighted by Gasteiger charge is -2.37. The number of carbonyl (C=O) groups is 1. The monoisotopic (exact) mass is 445 g/mol. The number of halogens is 1. The first-order valence-electron chi connectivity index (χ1n) is 11.3. The standard InChI is InChI=1S/C12H12B2FNO.C12H14N2O2/c13-12(14,16-7-1-2-11(16)17)10-5-3-9(8-15)4-6-10;15-12-14-10-2-1-9(7-11(10)16-12)8-3-5-13-6-4-8/h3-6H,1-2,7-8H2;1-2,7-8,13H,3-6H2,(H,14,15). The number of aromatic amines is 1. The van der Waals surface area contributed by atoms with E-state index >= 15 is 0 Å². The van der Waals surface area contributed by atoms with Gasteiger partial charge in [-0.2, -0.15) is 0 Å². The molecule has 0 saturated carbocycles. The highest BCUT2D eigenvalue weighted by Crippen LogP contribution is 2.28. The summed E-state index contributed by atoms with van der Waals surface area (Å²) in [5.41, 5.74) is 3.91. The van der Waals surface area contributed by atoms with Gasteiger partial charge in [-0.15, -0.1) is 0 Å². The minimum atomic E-state index is -1.30. The number of piperidine rings is 1. The lowest BCUT2D eigenvalue weighted by atomic mass is 9.57. The van der Waals surface area contributed by atoms with Crippen LogP contribution in [0.2, 0.25) is 0 Å². The Balaban J connectivity index is 0.000000157. The minimum Gasteiger partial charge on any atom is -0.408 e. The predicted molar refractivity (Wildman–Crippen MR) is 127 cm³/mol. The van der Waals surface area contributed by atoms with Gasteiger partial charge in [0.1, 0.15) is 6.67 Å². The summed E-state index contributed by atoms with van der Waals surface area (Å²) in [5, 5.41) is 2.04. The number of benzene rings is 2.